The minimum Gasteiger partial charge on any atom is -0.497 e. The molecule has 0 atom stereocenters. The van der Waals surface area contributed by atoms with Crippen LogP contribution >= 0.6 is 0 Å². The lowest BCUT2D eigenvalue weighted by molar-refractivity contribution is 0.411. The number of hydrogen-bond donors (Lipinski definition) is 2. The molecule has 0 aromatic heterocycles. The van der Waals surface area contributed by atoms with Gasteiger partial charge in [-0.2, -0.15) is 0 Å². The molecule has 0 amide bonds. The number of benzene rings is 2. The van der Waals surface area contributed by atoms with E-state index in [4.69, 9.17) is 4.74 Å². The first-order valence-corrected chi connectivity index (χ1v) is 8.18. The monoisotopic (exact) mass is 325 g/mol. The second kappa shape index (κ2) is 8.39. The quantitative estimate of drug-likeness (QED) is 0.632. The van der Waals surface area contributed by atoms with Gasteiger partial charge in [0.2, 0.25) is 0 Å². The highest BCUT2D eigenvalue weighted by molar-refractivity contribution is 5.79. The molecule has 0 fully saturated rings. The molecular weight excluding hydrogens is 298 g/mol. The fourth-order valence-electron chi connectivity index (χ4n) is 2.45. The molecule has 4 heteroatoms. The normalized spacial score (nSPS) is 11.9. The van der Waals surface area contributed by atoms with Crippen LogP contribution < -0.4 is 15.4 Å². The Bertz CT molecular complexity index is 666. The van der Waals surface area contributed by atoms with E-state index in [1.807, 2.05) is 30.3 Å². The van der Waals surface area contributed by atoms with Gasteiger partial charge < -0.3 is 15.4 Å². The highest BCUT2D eigenvalue weighted by Gasteiger charge is 2.21. The molecule has 24 heavy (non-hydrogen) atoms. The van der Waals surface area contributed by atoms with Crippen molar-refractivity contribution in [2.45, 2.75) is 25.8 Å². The van der Waals surface area contributed by atoms with E-state index in [1.54, 1.807) is 14.2 Å². The molecule has 0 heterocycles. The van der Waals surface area contributed by atoms with Gasteiger partial charge in [-0.1, -0.05) is 56.3 Å². The van der Waals surface area contributed by atoms with Gasteiger partial charge in [-0.15, -0.1) is 0 Å². The van der Waals surface area contributed by atoms with Crippen molar-refractivity contribution in [2.75, 3.05) is 20.7 Å². The maximum absolute atomic E-state index is 5.33. The lowest BCUT2D eigenvalue weighted by atomic mass is 9.84. The van der Waals surface area contributed by atoms with E-state index < -0.39 is 0 Å². The van der Waals surface area contributed by atoms with Gasteiger partial charge in [0, 0.05) is 25.6 Å². The largest absolute Gasteiger partial charge is 0.497 e. The highest BCUT2D eigenvalue weighted by atomic mass is 16.5. The van der Waals surface area contributed by atoms with E-state index in [0.29, 0.717) is 0 Å². The Hall–Kier alpha value is -2.49. The van der Waals surface area contributed by atoms with Gasteiger partial charge in [0.25, 0.3) is 0 Å². The summed E-state index contributed by atoms with van der Waals surface area (Å²) in [6.07, 6.45) is 0. The van der Waals surface area contributed by atoms with E-state index in [0.717, 1.165) is 24.8 Å². The van der Waals surface area contributed by atoms with Crippen molar-refractivity contribution in [2.24, 2.45) is 4.99 Å². The second-order valence-corrected chi connectivity index (χ2v) is 6.38. The van der Waals surface area contributed by atoms with Crippen LogP contribution in [0.25, 0.3) is 0 Å². The minimum absolute atomic E-state index is 0.0428. The predicted molar refractivity (Wildman–Crippen MR) is 101 cm³/mol. The van der Waals surface area contributed by atoms with Crippen molar-refractivity contribution in [1.82, 2.24) is 10.6 Å². The summed E-state index contributed by atoms with van der Waals surface area (Å²) >= 11 is 0. The van der Waals surface area contributed by atoms with Gasteiger partial charge in [-0.25, -0.2) is 0 Å². The van der Waals surface area contributed by atoms with E-state index in [2.05, 4.69) is 53.7 Å². The molecular formula is C20H27N3O. The number of aliphatic imine (C=N–C) groups is 1. The van der Waals surface area contributed by atoms with Crippen LogP contribution in [-0.2, 0) is 12.0 Å². The Kier molecular flexibility index (Phi) is 6.24. The zero-order chi connectivity index (χ0) is 17.4. The summed E-state index contributed by atoms with van der Waals surface area (Å²) in [5.74, 6) is 1.68. The average molecular weight is 325 g/mol. The lowest BCUT2D eigenvalue weighted by Gasteiger charge is -2.27. The number of guanidine groups is 1. The van der Waals surface area contributed by atoms with E-state index in [1.165, 1.54) is 11.1 Å². The van der Waals surface area contributed by atoms with Crippen LogP contribution in [0.15, 0.2) is 59.6 Å². The van der Waals surface area contributed by atoms with Gasteiger partial charge in [-0.05, 0) is 23.3 Å². The molecule has 2 N–H and O–H groups in total. The fraction of sp³-hybridized carbons (Fsp3) is 0.350. The van der Waals surface area contributed by atoms with Gasteiger partial charge in [0.15, 0.2) is 5.96 Å². The van der Waals surface area contributed by atoms with Crippen molar-refractivity contribution < 1.29 is 4.74 Å². The molecule has 0 aliphatic carbocycles. The van der Waals surface area contributed by atoms with Crippen molar-refractivity contribution in [1.29, 1.82) is 0 Å². The Morgan fingerprint density at radius 3 is 2.46 bits per heavy atom. The average Bonchev–Trinajstić information content (AvgIpc) is 2.62. The summed E-state index contributed by atoms with van der Waals surface area (Å²) < 4.78 is 5.33. The number of hydrogen-bond acceptors (Lipinski definition) is 2. The van der Waals surface area contributed by atoms with Gasteiger partial charge in [0.05, 0.1) is 7.11 Å². The first-order valence-electron chi connectivity index (χ1n) is 8.18. The summed E-state index contributed by atoms with van der Waals surface area (Å²) in [7, 11) is 3.48. The molecule has 0 radical (unpaired) electrons. The van der Waals surface area contributed by atoms with Gasteiger partial charge >= 0.3 is 0 Å². The molecule has 4 nitrogen and oxygen atoms in total. The third-order valence-electron chi connectivity index (χ3n) is 4.08. The number of methoxy groups -OCH3 is 1. The fourth-order valence-corrected chi connectivity index (χ4v) is 2.45. The zero-order valence-electron chi connectivity index (χ0n) is 15.0. The number of nitrogens with one attached hydrogen (secondary N) is 2. The van der Waals surface area contributed by atoms with Crippen LogP contribution in [-0.4, -0.2) is 26.7 Å². The van der Waals surface area contributed by atoms with Crippen molar-refractivity contribution in [3.8, 4) is 5.75 Å². The molecule has 2 aromatic rings. The number of ether oxygens (including phenoxy) is 1. The molecule has 0 saturated carbocycles. The zero-order valence-corrected chi connectivity index (χ0v) is 15.0. The summed E-state index contributed by atoms with van der Waals surface area (Å²) in [5, 5.41) is 6.76. The first kappa shape index (κ1) is 17.9. The van der Waals surface area contributed by atoms with Gasteiger partial charge in [0.1, 0.15) is 5.75 Å². The van der Waals surface area contributed by atoms with E-state index in [-0.39, 0.29) is 5.41 Å². The number of nitrogens with zero attached hydrogens (tertiary/aromatic N) is 1. The third kappa shape index (κ3) is 5.01. The highest BCUT2D eigenvalue weighted by Crippen LogP contribution is 2.25. The van der Waals surface area contributed by atoms with Crippen LogP contribution in [0.4, 0.5) is 0 Å². The summed E-state index contributed by atoms with van der Waals surface area (Å²) in [6, 6.07) is 18.5. The molecule has 0 unspecified atom stereocenters. The Morgan fingerprint density at radius 1 is 1.04 bits per heavy atom. The molecule has 2 aromatic carbocycles. The van der Waals surface area contributed by atoms with E-state index in [9.17, 15) is 0 Å². The number of rotatable bonds is 6. The van der Waals surface area contributed by atoms with Crippen LogP contribution in [0, 0.1) is 0 Å². The summed E-state index contributed by atoms with van der Waals surface area (Å²) in [6.45, 7) is 5.94. The van der Waals surface area contributed by atoms with Crippen LogP contribution in [0.1, 0.15) is 25.0 Å². The smallest absolute Gasteiger partial charge is 0.191 e. The molecule has 2 rings (SSSR count). The molecule has 0 bridgehead atoms. The maximum atomic E-state index is 5.33. The Balaban J connectivity index is 1.93. The second-order valence-electron chi connectivity index (χ2n) is 6.38. The third-order valence-corrected chi connectivity index (χ3v) is 4.08. The maximum Gasteiger partial charge on any atom is 0.191 e. The molecule has 0 spiro atoms. The Morgan fingerprint density at radius 2 is 1.79 bits per heavy atom. The van der Waals surface area contributed by atoms with Crippen LogP contribution in [0.3, 0.4) is 0 Å². The lowest BCUT2D eigenvalue weighted by Crippen LogP contribution is -2.43. The van der Waals surface area contributed by atoms with Crippen molar-refractivity contribution >= 4 is 5.96 Å². The summed E-state index contributed by atoms with van der Waals surface area (Å²) in [4.78, 5) is 4.30. The standard InChI is InChI=1S/C20H27N3O/c1-20(2,17-11-8-12-18(13-17)24-4)15-23-19(21-3)22-14-16-9-6-5-7-10-16/h5-13H,14-15H2,1-4H3,(H2,21,22,23). The molecule has 0 aliphatic rings. The topological polar surface area (TPSA) is 45.7 Å². The predicted octanol–water partition coefficient (Wildman–Crippen LogP) is 3.34. The summed E-state index contributed by atoms with van der Waals surface area (Å²) in [5.41, 5.74) is 2.42. The van der Waals surface area contributed by atoms with Crippen LogP contribution in [0.2, 0.25) is 0 Å². The van der Waals surface area contributed by atoms with Crippen molar-refractivity contribution in [3.05, 3.63) is 65.7 Å². The van der Waals surface area contributed by atoms with Crippen molar-refractivity contribution in [3.63, 3.8) is 0 Å². The van der Waals surface area contributed by atoms with E-state index >= 15 is 0 Å². The first-order chi connectivity index (χ1) is 11.5. The van der Waals surface area contributed by atoms with Gasteiger partial charge in [-0.3, -0.25) is 4.99 Å². The molecule has 0 saturated heterocycles. The van der Waals surface area contributed by atoms with Crippen LogP contribution in [0.5, 0.6) is 5.75 Å². The molecule has 128 valence electrons. The SMILES string of the molecule is CN=C(NCc1ccccc1)NCC(C)(C)c1cccc(OC)c1. The Labute approximate surface area is 145 Å². The molecule has 0 aliphatic heterocycles. The minimum atomic E-state index is -0.0428.